The van der Waals surface area contributed by atoms with Gasteiger partial charge in [0.1, 0.15) is 5.75 Å². The molecule has 0 radical (unpaired) electrons. The van der Waals surface area contributed by atoms with Crippen LogP contribution in [0.1, 0.15) is 5.56 Å². The van der Waals surface area contributed by atoms with Gasteiger partial charge in [0.2, 0.25) is 0 Å². The van der Waals surface area contributed by atoms with Gasteiger partial charge in [-0.2, -0.15) is 0 Å². The van der Waals surface area contributed by atoms with Gasteiger partial charge in [-0.1, -0.05) is 28.1 Å². The van der Waals surface area contributed by atoms with Crippen molar-refractivity contribution < 1.29 is 5.11 Å². The first-order valence-corrected chi connectivity index (χ1v) is 6.59. The number of fused-ring (bicyclic) bond motifs is 1. The molecule has 3 rings (SSSR count). The Hall–Kier alpha value is -2.01. The second-order valence-electron chi connectivity index (χ2n) is 4.34. The lowest BCUT2D eigenvalue weighted by Gasteiger charge is -2.04. The van der Waals surface area contributed by atoms with Crippen LogP contribution in [0.25, 0.3) is 11.0 Å². The molecule has 4 nitrogen and oxygen atoms in total. The van der Waals surface area contributed by atoms with Crippen molar-refractivity contribution in [2.45, 2.75) is 6.54 Å². The number of nitrogens with zero attached hydrogens (tertiary/aromatic N) is 1. The number of aromatic hydroxyl groups is 1. The van der Waals surface area contributed by atoms with Crippen LogP contribution in [0.5, 0.6) is 5.75 Å². The number of aromatic amines is 1. The zero-order chi connectivity index (χ0) is 13.4. The van der Waals surface area contributed by atoms with Crippen molar-refractivity contribution in [3.8, 4) is 5.75 Å². The quantitative estimate of drug-likeness (QED) is 0.763. The molecule has 1 heterocycles. The molecule has 1 aromatic heterocycles. The number of benzene rings is 2. The summed E-state index contributed by atoms with van der Waals surface area (Å²) in [5.74, 6) is 0.149. The highest BCUT2D eigenvalue weighted by Crippen LogP contribution is 2.18. The fraction of sp³-hybridized carbons (Fsp3) is 0.0714. The van der Waals surface area contributed by atoms with Crippen molar-refractivity contribution in [2.24, 2.45) is 0 Å². The molecule has 0 bridgehead atoms. The second kappa shape index (κ2) is 4.59. The lowest BCUT2D eigenvalue weighted by atomic mass is 10.2. The van der Waals surface area contributed by atoms with E-state index in [9.17, 15) is 9.90 Å². The second-order valence-corrected chi connectivity index (χ2v) is 5.26. The van der Waals surface area contributed by atoms with Gasteiger partial charge < -0.3 is 10.1 Å². The van der Waals surface area contributed by atoms with Crippen LogP contribution in [-0.4, -0.2) is 14.7 Å². The fourth-order valence-corrected chi connectivity index (χ4v) is 2.33. The van der Waals surface area contributed by atoms with Gasteiger partial charge in [0.25, 0.3) is 0 Å². The summed E-state index contributed by atoms with van der Waals surface area (Å²) in [6.07, 6.45) is 0. The number of aromatic nitrogens is 2. The van der Waals surface area contributed by atoms with Crippen molar-refractivity contribution in [1.82, 2.24) is 9.55 Å². The molecule has 96 valence electrons. The van der Waals surface area contributed by atoms with E-state index < -0.39 is 0 Å². The lowest BCUT2D eigenvalue weighted by Crippen LogP contribution is -2.17. The fourth-order valence-electron chi connectivity index (χ4n) is 2.07. The smallest absolute Gasteiger partial charge is 0.326 e. The maximum absolute atomic E-state index is 11.9. The molecular weight excluding hydrogens is 308 g/mol. The molecule has 0 aliphatic carbocycles. The van der Waals surface area contributed by atoms with Crippen molar-refractivity contribution >= 4 is 27.0 Å². The van der Waals surface area contributed by atoms with Gasteiger partial charge in [0.05, 0.1) is 17.6 Å². The lowest BCUT2D eigenvalue weighted by molar-refractivity contribution is 0.476. The summed E-state index contributed by atoms with van der Waals surface area (Å²) in [5.41, 5.74) is 2.27. The maximum atomic E-state index is 11.9. The molecule has 0 aliphatic rings. The summed E-state index contributed by atoms with van der Waals surface area (Å²) >= 11 is 3.38. The third kappa shape index (κ3) is 2.29. The number of hydrogen-bond acceptors (Lipinski definition) is 2. The van der Waals surface area contributed by atoms with E-state index in [0.29, 0.717) is 12.1 Å². The number of halogens is 1. The largest absolute Gasteiger partial charge is 0.508 e. The molecule has 0 aliphatic heterocycles. The van der Waals surface area contributed by atoms with E-state index in [2.05, 4.69) is 20.9 Å². The average Bonchev–Trinajstić information content (AvgIpc) is 2.69. The van der Waals surface area contributed by atoms with Gasteiger partial charge in [-0.3, -0.25) is 4.57 Å². The SMILES string of the molecule is O=c1[nH]c2ccc(O)cc2n1Cc1ccc(Br)cc1. The number of hydrogen-bond donors (Lipinski definition) is 2. The summed E-state index contributed by atoms with van der Waals surface area (Å²) < 4.78 is 2.61. The molecule has 0 spiro atoms. The number of rotatable bonds is 2. The molecule has 2 aromatic carbocycles. The van der Waals surface area contributed by atoms with Crippen LogP contribution in [0.4, 0.5) is 0 Å². The first-order valence-electron chi connectivity index (χ1n) is 5.79. The van der Waals surface area contributed by atoms with Crippen LogP contribution >= 0.6 is 15.9 Å². The van der Waals surface area contributed by atoms with Crippen LogP contribution in [0.2, 0.25) is 0 Å². The molecule has 19 heavy (non-hydrogen) atoms. The Morgan fingerprint density at radius 2 is 1.89 bits per heavy atom. The zero-order valence-corrected chi connectivity index (χ0v) is 11.5. The van der Waals surface area contributed by atoms with Crippen LogP contribution in [0, 0.1) is 0 Å². The minimum absolute atomic E-state index is 0.149. The molecule has 0 saturated carbocycles. The predicted molar refractivity (Wildman–Crippen MR) is 77.5 cm³/mol. The zero-order valence-electron chi connectivity index (χ0n) is 9.93. The molecule has 0 fully saturated rings. The Balaban J connectivity index is 2.09. The van der Waals surface area contributed by atoms with E-state index in [-0.39, 0.29) is 11.4 Å². The van der Waals surface area contributed by atoms with Gasteiger partial charge in [-0.05, 0) is 29.8 Å². The van der Waals surface area contributed by atoms with Gasteiger partial charge >= 0.3 is 5.69 Å². The van der Waals surface area contributed by atoms with Crippen molar-refractivity contribution in [1.29, 1.82) is 0 Å². The first-order chi connectivity index (χ1) is 9.13. The monoisotopic (exact) mass is 318 g/mol. The Kier molecular flexibility index (Phi) is 2.91. The summed E-state index contributed by atoms with van der Waals surface area (Å²) in [4.78, 5) is 14.7. The molecule has 0 atom stereocenters. The van der Waals surface area contributed by atoms with E-state index in [1.807, 2.05) is 24.3 Å². The molecule has 0 saturated heterocycles. The van der Waals surface area contributed by atoms with E-state index in [1.54, 1.807) is 22.8 Å². The van der Waals surface area contributed by atoms with Crippen LogP contribution in [-0.2, 0) is 6.54 Å². The van der Waals surface area contributed by atoms with Crippen molar-refractivity contribution in [2.75, 3.05) is 0 Å². The third-order valence-corrected chi connectivity index (χ3v) is 3.54. The molecule has 3 aromatic rings. The van der Waals surface area contributed by atoms with Crippen LogP contribution in [0.15, 0.2) is 51.7 Å². The number of phenolic OH excluding ortho intramolecular Hbond substituents is 1. The summed E-state index contributed by atoms with van der Waals surface area (Å²) in [6, 6.07) is 12.6. The van der Waals surface area contributed by atoms with E-state index in [4.69, 9.17) is 0 Å². The van der Waals surface area contributed by atoms with Crippen LogP contribution in [0.3, 0.4) is 0 Å². The predicted octanol–water partition coefficient (Wildman–Crippen LogP) is 2.85. The van der Waals surface area contributed by atoms with E-state index in [1.165, 1.54) is 0 Å². The third-order valence-electron chi connectivity index (χ3n) is 3.01. The van der Waals surface area contributed by atoms with E-state index >= 15 is 0 Å². The number of nitrogens with one attached hydrogen (secondary N) is 1. The maximum Gasteiger partial charge on any atom is 0.326 e. The highest BCUT2D eigenvalue weighted by molar-refractivity contribution is 9.10. The van der Waals surface area contributed by atoms with Crippen LogP contribution < -0.4 is 5.69 Å². The standard InChI is InChI=1S/C14H11BrN2O2/c15-10-3-1-9(2-4-10)8-17-13-7-11(18)5-6-12(13)16-14(17)19/h1-7,18H,8H2,(H,16,19). The molecule has 5 heteroatoms. The normalized spacial score (nSPS) is 11.0. The van der Waals surface area contributed by atoms with Gasteiger partial charge in [0.15, 0.2) is 0 Å². The summed E-state index contributed by atoms with van der Waals surface area (Å²) in [6.45, 7) is 0.468. The van der Waals surface area contributed by atoms with Crippen molar-refractivity contribution in [3.05, 3.63) is 63.0 Å². The highest BCUT2D eigenvalue weighted by Gasteiger charge is 2.07. The highest BCUT2D eigenvalue weighted by atomic mass is 79.9. The Bertz CT molecular complexity index is 787. The summed E-state index contributed by atoms with van der Waals surface area (Å²) in [7, 11) is 0. The first kappa shape index (κ1) is 12.0. The average molecular weight is 319 g/mol. The van der Waals surface area contributed by atoms with Gasteiger partial charge in [-0.25, -0.2) is 4.79 Å². The number of phenols is 1. The Morgan fingerprint density at radius 3 is 2.63 bits per heavy atom. The minimum Gasteiger partial charge on any atom is -0.508 e. The molecule has 0 amide bonds. The molecule has 0 unspecified atom stereocenters. The summed E-state index contributed by atoms with van der Waals surface area (Å²) in [5, 5.41) is 9.53. The van der Waals surface area contributed by atoms with Gasteiger partial charge in [0, 0.05) is 10.5 Å². The topological polar surface area (TPSA) is 58.0 Å². The Labute approximate surface area is 117 Å². The minimum atomic E-state index is -0.177. The van der Waals surface area contributed by atoms with Gasteiger partial charge in [-0.15, -0.1) is 0 Å². The number of H-pyrrole nitrogens is 1. The molecule has 2 N–H and O–H groups in total. The molecular formula is C14H11BrN2O2. The van der Waals surface area contributed by atoms with E-state index in [0.717, 1.165) is 15.6 Å². The number of imidazole rings is 1. The van der Waals surface area contributed by atoms with Crippen molar-refractivity contribution in [3.63, 3.8) is 0 Å². The Morgan fingerprint density at radius 1 is 1.16 bits per heavy atom.